The van der Waals surface area contributed by atoms with Gasteiger partial charge in [0.05, 0.1) is 6.61 Å². The fraction of sp³-hybridized carbons (Fsp3) is 0.909. The first-order valence-electron chi connectivity index (χ1n) is 5.55. The summed E-state index contributed by atoms with van der Waals surface area (Å²) < 4.78 is 5.33. The van der Waals surface area contributed by atoms with E-state index in [4.69, 9.17) is 9.84 Å². The molecule has 0 aromatic carbocycles. The summed E-state index contributed by atoms with van der Waals surface area (Å²) >= 11 is 0. The van der Waals surface area contributed by atoms with Crippen LogP contribution in [-0.4, -0.2) is 41.4 Å². The molecule has 4 nitrogen and oxygen atoms in total. The Labute approximate surface area is 92.2 Å². The summed E-state index contributed by atoms with van der Waals surface area (Å²) in [6.07, 6.45) is 1.30. The van der Waals surface area contributed by atoms with Gasteiger partial charge in [0.2, 0.25) is 0 Å². The van der Waals surface area contributed by atoms with E-state index < -0.39 is 5.60 Å². The Balaban J connectivity index is 4.24. The number of hydrogen-bond donors (Lipinski definition) is 1. The zero-order valence-electron chi connectivity index (χ0n) is 10.2. The highest BCUT2D eigenvalue weighted by molar-refractivity contribution is 5.68. The zero-order valence-corrected chi connectivity index (χ0v) is 10.2. The lowest BCUT2D eigenvalue weighted by Crippen LogP contribution is -2.39. The van der Waals surface area contributed by atoms with E-state index in [1.54, 1.807) is 0 Å². The summed E-state index contributed by atoms with van der Waals surface area (Å²) in [5.74, 6) is 0. The van der Waals surface area contributed by atoms with Crippen molar-refractivity contribution in [2.75, 3.05) is 19.7 Å². The Kier molecular flexibility index (Phi) is 6.32. The molecule has 0 saturated carbocycles. The van der Waals surface area contributed by atoms with Crippen LogP contribution >= 0.6 is 0 Å². The van der Waals surface area contributed by atoms with Gasteiger partial charge in [-0.2, -0.15) is 0 Å². The van der Waals surface area contributed by atoms with Gasteiger partial charge in [0, 0.05) is 13.1 Å². The molecule has 0 unspecified atom stereocenters. The molecule has 0 aliphatic carbocycles. The highest BCUT2D eigenvalue weighted by Gasteiger charge is 2.23. The van der Waals surface area contributed by atoms with Crippen molar-refractivity contribution in [3.05, 3.63) is 0 Å². The average Bonchev–Trinajstić information content (AvgIpc) is 2.17. The van der Waals surface area contributed by atoms with Gasteiger partial charge in [0.1, 0.15) is 5.60 Å². The molecule has 0 aliphatic rings. The molecule has 0 heterocycles. The first-order chi connectivity index (χ1) is 6.96. The second kappa shape index (κ2) is 6.67. The van der Waals surface area contributed by atoms with Crippen LogP contribution in [0.2, 0.25) is 0 Å². The highest BCUT2D eigenvalue weighted by atomic mass is 16.6. The minimum atomic E-state index is -0.432. The molecular weight excluding hydrogens is 194 g/mol. The van der Waals surface area contributed by atoms with Crippen LogP contribution in [0.4, 0.5) is 4.79 Å². The summed E-state index contributed by atoms with van der Waals surface area (Å²) in [4.78, 5) is 13.2. The van der Waals surface area contributed by atoms with E-state index in [-0.39, 0.29) is 12.7 Å². The molecule has 15 heavy (non-hydrogen) atoms. The number of carbonyl (C=O) groups excluding carboxylic acids is 1. The second-order valence-corrected chi connectivity index (χ2v) is 4.19. The van der Waals surface area contributed by atoms with E-state index in [2.05, 4.69) is 0 Å². The predicted octanol–water partition coefficient (Wildman–Crippen LogP) is 2.02. The van der Waals surface area contributed by atoms with Crippen LogP contribution in [0.15, 0.2) is 0 Å². The smallest absolute Gasteiger partial charge is 0.410 e. The fourth-order valence-corrected chi connectivity index (χ4v) is 1.06. The first-order valence-corrected chi connectivity index (χ1v) is 5.55. The van der Waals surface area contributed by atoms with Crippen molar-refractivity contribution in [2.24, 2.45) is 0 Å². The molecule has 0 atom stereocenters. The number of aliphatic hydroxyl groups excluding tert-OH is 1. The molecule has 0 fully saturated rings. The molecule has 0 radical (unpaired) electrons. The van der Waals surface area contributed by atoms with Gasteiger partial charge < -0.3 is 14.7 Å². The molecule has 0 bridgehead atoms. The van der Waals surface area contributed by atoms with Crippen molar-refractivity contribution in [1.29, 1.82) is 0 Å². The SMILES string of the molecule is CCCN(CCO)C(=O)OC(C)(C)CC. The van der Waals surface area contributed by atoms with Crippen molar-refractivity contribution < 1.29 is 14.6 Å². The largest absolute Gasteiger partial charge is 0.443 e. The third-order valence-electron chi connectivity index (χ3n) is 2.34. The normalized spacial score (nSPS) is 11.3. The minimum Gasteiger partial charge on any atom is -0.443 e. The fourth-order valence-electron chi connectivity index (χ4n) is 1.06. The molecular formula is C11H23NO3. The van der Waals surface area contributed by atoms with E-state index in [1.165, 1.54) is 4.90 Å². The Morgan fingerprint density at radius 1 is 1.33 bits per heavy atom. The molecule has 0 spiro atoms. The summed E-state index contributed by atoms with van der Waals surface area (Å²) in [5.41, 5.74) is -0.432. The zero-order chi connectivity index (χ0) is 11.9. The first kappa shape index (κ1) is 14.2. The lowest BCUT2D eigenvalue weighted by atomic mass is 10.1. The maximum absolute atomic E-state index is 11.7. The molecule has 0 saturated heterocycles. The van der Waals surface area contributed by atoms with Crippen LogP contribution < -0.4 is 0 Å². The number of carbonyl (C=O) groups is 1. The van der Waals surface area contributed by atoms with Gasteiger partial charge in [-0.15, -0.1) is 0 Å². The molecule has 4 heteroatoms. The van der Waals surface area contributed by atoms with Crippen LogP contribution in [-0.2, 0) is 4.74 Å². The maximum Gasteiger partial charge on any atom is 0.410 e. The van der Waals surface area contributed by atoms with Gasteiger partial charge in [0.15, 0.2) is 0 Å². The molecule has 0 aromatic heterocycles. The summed E-state index contributed by atoms with van der Waals surface area (Å²) in [7, 11) is 0. The van der Waals surface area contributed by atoms with Gasteiger partial charge in [0.25, 0.3) is 0 Å². The molecule has 0 rings (SSSR count). The van der Waals surface area contributed by atoms with E-state index in [9.17, 15) is 4.79 Å². The number of nitrogens with zero attached hydrogens (tertiary/aromatic N) is 1. The van der Waals surface area contributed by atoms with Crippen LogP contribution in [0.25, 0.3) is 0 Å². The van der Waals surface area contributed by atoms with Crippen molar-refractivity contribution in [2.45, 2.75) is 46.1 Å². The highest BCUT2D eigenvalue weighted by Crippen LogP contribution is 2.15. The van der Waals surface area contributed by atoms with Crippen LogP contribution in [0.1, 0.15) is 40.5 Å². The van der Waals surface area contributed by atoms with E-state index in [1.807, 2.05) is 27.7 Å². The van der Waals surface area contributed by atoms with Gasteiger partial charge >= 0.3 is 6.09 Å². The van der Waals surface area contributed by atoms with Gasteiger partial charge in [-0.05, 0) is 26.7 Å². The maximum atomic E-state index is 11.7. The molecule has 0 aliphatic heterocycles. The summed E-state index contributed by atoms with van der Waals surface area (Å²) in [6.45, 7) is 8.67. The molecule has 1 amide bonds. The summed E-state index contributed by atoms with van der Waals surface area (Å²) in [5, 5.41) is 8.82. The van der Waals surface area contributed by atoms with Crippen molar-refractivity contribution in [3.63, 3.8) is 0 Å². The third kappa shape index (κ3) is 5.62. The summed E-state index contributed by atoms with van der Waals surface area (Å²) in [6, 6.07) is 0. The number of ether oxygens (including phenoxy) is 1. The molecule has 90 valence electrons. The van der Waals surface area contributed by atoms with Gasteiger partial charge in [-0.3, -0.25) is 0 Å². The van der Waals surface area contributed by atoms with E-state index in [0.717, 1.165) is 12.8 Å². The van der Waals surface area contributed by atoms with Crippen LogP contribution in [0.3, 0.4) is 0 Å². The van der Waals surface area contributed by atoms with Gasteiger partial charge in [-0.1, -0.05) is 13.8 Å². The van der Waals surface area contributed by atoms with Crippen molar-refractivity contribution in [1.82, 2.24) is 4.90 Å². The Hall–Kier alpha value is -0.770. The number of amides is 1. The quantitative estimate of drug-likeness (QED) is 0.740. The molecule has 1 N–H and O–H groups in total. The van der Waals surface area contributed by atoms with E-state index >= 15 is 0 Å². The number of rotatable bonds is 6. The Bertz CT molecular complexity index is 186. The molecule has 0 aromatic rings. The van der Waals surface area contributed by atoms with Gasteiger partial charge in [-0.25, -0.2) is 4.79 Å². The third-order valence-corrected chi connectivity index (χ3v) is 2.34. The second-order valence-electron chi connectivity index (χ2n) is 4.19. The standard InChI is InChI=1S/C11H23NO3/c1-5-7-12(8-9-13)10(14)15-11(3,4)6-2/h13H,5-9H2,1-4H3. The van der Waals surface area contributed by atoms with Crippen LogP contribution in [0.5, 0.6) is 0 Å². The lowest BCUT2D eigenvalue weighted by Gasteiger charge is -2.28. The Morgan fingerprint density at radius 3 is 2.33 bits per heavy atom. The Morgan fingerprint density at radius 2 is 1.93 bits per heavy atom. The van der Waals surface area contributed by atoms with E-state index in [0.29, 0.717) is 13.1 Å². The minimum absolute atomic E-state index is 0.0261. The average molecular weight is 217 g/mol. The van der Waals surface area contributed by atoms with Crippen molar-refractivity contribution in [3.8, 4) is 0 Å². The monoisotopic (exact) mass is 217 g/mol. The predicted molar refractivity (Wildman–Crippen MR) is 59.8 cm³/mol. The lowest BCUT2D eigenvalue weighted by molar-refractivity contribution is 0.00884. The van der Waals surface area contributed by atoms with Crippen molar-refractivity contribution >= 4 is 6.09 Å². The van der Waals surface area contributed by atoms with Crippen LogP contribution in [0, 0.1) is 0 Å². The number of hydrogen-bond acceptors (Lipinski definition) is 3. The topological polar surface area (TPSA) is 49.8 Å². The number of aliphatic hydroxyl groups is 1.